The monoisotopic (exact) mass is 325 g/mol. The highest BCUT2D eigenvalue weighted by Gasteiger charge is 2.34. The molecule has 0 bridgehead atoms. The summed E-state index contributed by atoms with van der Waals surface area (Å²) in [6.45, 7) is 8.81. The fourth-order valence-electron chi connectivity index (χ4n) is 2.79. The number of nitrogens with zero attached hydrogens (tertiary/aromatic N) is 1. The zero-order valence-electron chi connectivity index (χ0n) is 14.7. The van der Waals surface area contributed by atoms with Crippen LogP contribution in [0.4, 0.5) is 4.79 Å². The van der Waals surface area contributed by atoms with Gasteiger partial charge in [-0.25, -0.2) is 4.79 Å². The minimum absolute atomic E-state index is 0.332. The molecule has 0 spiro atoms. The predicted molar refractivity (Wildman–Crippen MR) is 89.2 cm³/mol. The largest absolute Gasteiger partial charge is 0.444 e. The van der Waals surface area contributed by atoms with Crippen LogP contribution in [-0.2, 0) is 9.53 Å². The molecule has 2 fully saturated rings. The Balaban J connectivity index is 1.49. The molecule has 2 N–H and O–H groups in total. The Morgan fingerprint density at radius 2 is 1.74 bits per heavy atom. The molecule has 1 aliphatic heterocycles. The molecule has 0 aromatic carbocycles. The Hall–Kier alpha value is -1.30. The van der Waals surface area contributed by atoms with Crippen LogP contribution in [0.2, 0.25) is 0 Å². The van der Waals surface area contributed by atoms with Crippen LogP contribution in [-0.4, -0.2) is 54.7 Å². The zero-order chi connectivity index (χ0) is 16.9. The van der Waals surface area contributed by atoms with Crippen molar-refractivity contribution in [3.05, 3.63) is 0 Å². The first-order valence-corrected chi connectivity index (χ1v) is 8.84. The number of nitrogens with one attached hydrogen (secondary N) is 2. The number of carbonyl (C=O) groups is 2. The highest BCUT2D eigenvalue weighted by molar-refractivity contribution is 5.81. The van der Waals surface area contributed by atoms with E-state index in [1.54, 1.807) is 0 Å². The Morgan fingerprint density at radius 3 is 2.30 bits per heavy atom. The van der Waals surface area contributed by atoms with Gasteiger partial charge in [0, 0.05) is 31.6 Å². The molecule has 2 amide bonds. The molecule has 0 radical (unpaired) electrons. The number of ether oxygens (including phenoxy) is 1. The van der Waals surface area contributed by atoms with Gasteiger partial charge in [0.15, 0.2) is 0 Å². The van der Waals surface area contributed by atoms with Crippen LogP contribution in [0.3, 0.4) is 0 Å². The summed E-state index contributed by atoms with van der Waals surface area (Å²) in [6.07, 6.45) is 4.74. The summed E-state index contributed by atoms with van der Waals surface area (Å²) in [5.41, 5.74) is -0.450. The lowest BCUT2D eigenvalue weighted by molar-refractivity contribution is -0.133. The first-order chi connectivity index (χ1) is 10.8. The summed E-state index contributed by atoms with van der Waals surface area (Å²) < 4.78 is 5.18. The minimum atomic E-state index is -0.450. The van der Waals surface area contributed by atoms with E-state index in [4.69, 9.17) is 4.74 Å². The van der Waals surface area contributed by atoms with Gasteiger partial charge in [0.25, 0.3) is 0 Å². The lowest BCUT2D eigenvalue weighted by Crippen LogP contribution is -2.45. The Morgan fingerprint density at radius 1 is 1.09 bits per heavy atom. The number of hydrogen-bond donors (Lipinski definition) is 2. The van der Waals surface area contributed by atoms with Crippen LogP contribution in [0.5, 0.6) is 0 Å². The van der Waals surface area contributed by atoms with Crippen molar-refractivity contribution in [2.45, 2.75) is 64.5 Å². The van der Waals surface area contributed by atoms with Gasteiger partial charge in [0.1, 0.15) is 5.60 Å². The van der Waals surface area contributed by atoms with E-state index in [9.17, 15) is 9.59 Å². The lowest BCUT2D eigenvalue weighted by atomic mass is 10.0. The summed E-state index contributed by atoms with van der Waals surface area (Å²) >= 11 is 0. The van der Waals surface area contributed by atoms with E-state index in [1.807, 2.05) is 25.7 Å². The maximum Gasteiger partial charge on any atom is 0.407 e. The van der Waals surface area contributed by atoms with Crippen molar-refractivity contribution >= 4 is 12.0 Å². The average molecular weight is 325 g/mol. The molecule has 2 rings (SSSR count). The number of piperidine rings is 1. The van der Waals surface area contributed by atoms with Crippen LogP contribution >= 0.6 is 0 Å². The molecule has 0 aromatic rings. The molecular weight excluding hydrogens is 294 g/mol. The first-order valence-electron chi connectivity index (χ1n) is 8.84. The van der Waals surface area contributed by atoms with E-state index in [0.29, 0.717) is 24.4 Å². The second-order valence-corrected chi connectivity index (χ2v) is 7.61. The first kappa shape index (κ1) is 18.0. The molecule has 6 heteroatoms. The van der Waals surface area contributed by atoms with Gasteiger partial charge in [-0.1, -0.05) is 0 Å². The highest BCUT2D eigenvalue weighted by atomic mass is 16.6. The zero-order valence-corrected chi connectivity index (χ0v) is 14.7. The van der Waals surface area contributed by atoms with Gasteiger partial charge < -0.3 is 20.3 Å². The maximum absolute atomic E-state index is 12.0. The van der Waals surface area contributed by atoms with Crippen molar-refractivity contribution in [1.82, 2.24) is 15.5 Å². The third-order valence-electron chi connectivity index (χ3n) is 4.19. The second-order valence-electron chi connectivity index (χ2n) is 7.61. The van der Waals surface area contributed by atoms with E-state index < -0.39 is 5.60 Å². The minimum Gasteiger partial charge on any atom is -0.444 e. The van der Waals surface area contributed by atoms with Crippen molar-refractivity contribution in [3.63, 3.8) is 0 Å². The maximum atomic E-state index is 12.0. The van der Waals surface area contributed by atoms with Gasteiger partial charge in [-0.2, -0.15) is 0 Å². The molecule has 0 aromatic heterocycles. The van der Waals surface area contributed by atoms with Crippen LogP contribution in [0.25, 0.3) is 0 Å². The molecule has 0 atom stereocenters. The van der Waals surface area contributed by atoms with Crippen molar-refractivity contribution in [3.8, 4) is 0 Å². The lowest BCUT2D eigenvalue weighted by Gasteiger charge is -2.32. The van der Waals surface area contributed by atoms with Crippen LogP contribution < -0.4 is 10.6 Å². The number of hydrogen-bond acceptors (Lipinski definition) is 4. The molecular formula is C17H31N3O3. The van der Waals surface area contributed by atoms with Crippen LogP contribution in [0.1, 0.15) is 52.9 Å². The van der Waals surface area contributed by atoms with Gasteiger partial charge in [-0.15, -0.1) is 0 Å². The highest BCUT2D eigenvalue weighted by Crippen LogP contribution is 2.31. The van der Waals surface area contributed by atoms with Crippen molar-refractivity contribution in [1.29, 1.82) is 0 Å². The van der Waals surface area contributed by atoms with E-state index in [-0.39, 0.29) is 6.09 Å². The third-order valence-corrected chi connectivity index (χ3v) is 4.19. The Labute approximate surface area is 139 Å². The number of likely N-dealkylation sites (tertiary alicyclic amines) is 1. The molecule has 132 valence electrons. The molecule has 6 nitrogen and oxygen atoms in total. The Bertz CT molecular complexity index is 408. The summed E-state index contributed by atoms with van der Waals surface area (Å²) in [5.74, 6) is 0.698. The van der Waals surface area contributed by atoms with Crippen molar-refractivity contribution in [2.24, 2.45) is 5.92 Å². The topological polar surface area (TPSA) is 70.7 Å². The summed E-state index contributed by atoms with van der Waals surface area (Å²) in [5, 5.41) is 6.28. The molecule has 1 saturated carbocycles. The second kappa shape index (κ2) is 7.99. The van der Waals surface area contributed by atoms with E-state index in [2.05, 4.69) is 10.6 Å². The third kappa shape index (κ3) is 6.77. The molecule has 2 aliphatic rings. The summed E-state index contributed by atoms with van der Waals surface area (Å²) in [6, 6.07) is 0.486. The van der Waals surface area contributed by atoms with Crippen molar-refractivity contribution < 1.29 is 14.3 Å². The molecule has 1 heterocycles. The number of alkyl carbamates (subject to hydrolysis) is 1. The number of carbonyl (C=O) groups excluding carboxylic acids is 2. The van der Waals surface area contributed by atoms with Crippen LogP contribution in [0, 0.1) is 5.92 Å². The molecule has 0 unspecified atom stereocenters. The fraction of sp³-hybridized carbons (Fsp3) is 0.882. The van der Waals surface area contributed by atoms with Gasteiger partial charge >= 0.3 is 6.09 Å². The van der Waals surface area contributed by atoms with Gasteiger partial charge in [-0.3, -0.25) is 4.79 Å². The summed E-state index contributed by atoms with van der Waals surface area (Å²) in [4.78, 5) is 25.5. The number of amides is 2. The van der Waals surface area contributed by atoms with E-state index >= 15 is 0 Å². The molecule has 1 aliphatic carbocycles. The quantitative estimate of drug-likeness (QED) is 0.732. The standard InChI is InChI=1S/C17H31N3O3/c1-17(2,3)23-16(22)19-10-4-9-18-14-7-11-20(12-8-14)15(21)13-5-6-13/h13-14,18H,4-12H2,1-3H3,(H,19,22). The van der Waals surface area contributed by atoms with Gasteiger partial charge in [0.05, 0.1) is 0 Å². The SMILES string of the molecule is CC(C)(C)OC(=O)NCCCNC1CCN(C(=O)C2CC2)CC1. The van der Waals surface area contributed by atoms with Crippen molar-refractivity contribution in [2.75, 3.05) is 26.2 Å². The number of rotatable bonds is 6. The molecule has 1 saturated heterocycles. The average Bonchev–Trinajstić information content (AvgIpc) is 3.29. The van der Waals surface area contributed by atoms with E-state index in [0.717, 1.165) is 51.7 Å². The van der Waals surface area contributed by atoms with Crippen LogP contribution in [0.15, 0.2) is 0 Å². The normalized spacial score (nSPS) is 19.5. The fourth-order valence-corrected chi connectivity index (χ4v) is 2.79. The predicted octanol–water partition coefficient (Wildman–Crippen LogP) is 1.89. The smallest absolute Gasteiger partial charge is 0.407 e. The van der Waals surface area contributed by atoms with Gasteiger partial charge in [0.2, 0.25) is 5.91 Å². The van der Waals surface area contributed by atoms with Gasteiger partial charge in [-0.05, 0) is 59.4 Å². The molecule has 23 heavy (non-hydrogen) atoms. The van der Waals surface area contributed by atoms with E-state index in [1.165, 1.54) is 0 Å². The Kier molecular flexibility index (Phi) is 6.27. The summed E-state index contributed by atoms with van der Waals surface area (Å²) in [7, 11) is 0.